The van der Waals surface area contributed by atoms with Crippen molar-refractivity contribution < 1.29 is 12.9 Å². The van der Waals surface area contributed by atoms with Gasteiger partial charge in [0.05, 0.1) is 10.6 Å². The van der Waals surface area contributed by atoms with E-state index >= 15 is 0 Å². The summed E-state index contributed by atoms with van der Waals surface area (Å²) in [6, 6.07) is 7.97. The lowest BCUT2D eigenvalue weighted by molar-refractivity contribution is 0.400. The molecule has 0 unspecified atom stereocenters. The third kappa shape index (κ3) is 4.36. The molecule has 28 heavy (non-hydrogen) atoms. The fraction of sp³-hybridized carbons (Fsp3) is 0.368. The first kappa shape index (κ1) is 20.3. The number of benzene rings is 1. The molecule has 0 saturated heterocycles. The van der Waals surface area contributed by atoms with Gasteiger partial charge in [0.1, 0.15) is 5.76 Å². The molecule has 7 nitrogen and oxygen atoms in total. The van der Waals surface area contributed by atoms with Crippen LogP contribution >= 0.6 is 11.3 Å². The van der Waals surface area contributed by atoms with Crippen molar-refractivity contribution in [2.24, 2.45) is 4.99 Å². The molecule has 0 amide bonds. The van der Waals surface area contributed by atoms with Crippen LogP contribution in [0.5, 0.6) is 0 Å². The van der Waals surface area contributed by atoms with Crippen LogP contribution in [0.25, 0.3) is 0 Å². The van der Waals surface area contributed by atoms with Crippen LogP contribution in [0.3, 0.4) is 0 Å². The number of thiazole rings is 1. The molecule has 0 atom stereocenters. The number of hydrogen-bond acceptors (Lipinski definition) is 6. The number of aromatic nitrogens is 2. The first-order valence-corrected chi connectivity index (χ1v) is 11.3. The number of anilines is 1. The van der Waals surface area contributed by atoms with Crippen molar-refractivity contribution in [2.75, 3.05) is 4.72 Å². The molecule has 0 fully saturated rings. The minimum absolute atomic E-state index is 0.0311. The van der Waals surface area contributed by atoms with Crippen LogP contribution < -0.4 is 9.52 Å². The second kappa shape index (κ2) is 7.56. The second-order valence-electron chi connectivity index (χ2n) is 7.43. The summed E-state index contributed by atoms with van der Waals surface area (Å²) in [4.78, 5) is 5.72. The van der Waals surface area contributed by atoms with Crippen molar-refractivity contribution in [2.45, 2.75) is 51.5 Å². The van der Waals surface area contributed by atoms with Gasteiger partial charge in [0.25, 0.3) is 10.0 Å². The van der Waals surface area contributed by atoms with Crippen LogP contribution in [-0.4, -0.2) is 18.1 Å². The summed E-state index contributed by atoms with van der Waals surface area (Å²) < 4.78 is 34.4. The Balaban J connectivity index is 1.89. The lowest BCUT2D eigenvalue weighted by Gasteiger charge is -2.20. The van der Waals surface area contributed by atoms with Gasteiger partial charge in [-0.3, -0.25) is 4.72 Å². The van der Waals surface area contributed by atoms with Crippen LogP contribution in [0.1, 0.15) is 39.1 Å². The lowest BCUT2D eigenvalue weighted by Crippen LogP contribution is -2.23. The van der Waals surface area contributed by atoms with Gasteiger partial charge in [-0.15, -0.1) is 11.3 Å². The highest BCUT2D eigenvalue weighted by Gasteiger charge is 2.19. The smallest absolute Gasteiger partial charge is 0.263 e. The van der Waals surface area contributed by atoms with E-state index in [9.17, 15) is 8.42 Å². The molecule has 2 aromatic heterocycles. The van der Waals surface area contributed by atoms with Crippen molar-refractivity contribution in [3.63, 3.8) is 0 Å². The summed E-state index contributed by atoms with van der Waals surface area (Å²) in [5.41, 5.74) is 1.95. The highest BCUT2D eigenvalue weighted by molar-refractivity contribution is 7.92. The predicted octanol–water partition coefficient (Wildman–Crippen LogP) is 4.20. The van der Waals surface area contributed by atoms with Crippen molar-refractivity contribution >= 4 is 32.9 Å². The molecule has 0 saturated carbocycles. The van der Waals surface area contributed by atoms with E-state index in [2.05, 4.69) is 47.5 Å². The minimum atomic E-state index is -3.73. The molecule has 9 heteroatoms. The van der Waals surface area contributed by atoms with E-state index in [1.165, 1.54) is 23.9 Å². The fourth-order valence-corrected chi connectivity index (χ4v) is 4.93. The summed E-state index contributed by atoms with van der Waals surface area (Å²) >= 11 is 1.58. The molecular weight excluding hydrogens is 396 g/mol. The van der Waals surface area contributed by atoms with Crippen molar-refractivity contribution in [3.05, 3.63) is 52.0 Å². The lowest BCUT2D eigenvalue weighted by atomic mass is 9.93. The van der Waals surface area contributed by atoms with E-state index in [1.807, 2.05) is 0 Å². The molecule has 0 radical (unpaired) electrons. The maximum absolute atomic E-state index is 12.5. The maximum atomic E-state index is 12.5. The standard InChI is InChI=1S/C19H24N4O3S2/c1-6-23-16(19(3,4)5)12-27-18(23)20-14-7-9-15(10-8-14)28(24,25)22-17-11-13(2)26-21-17/h7-12H,6H2,1-5H3,(H,21,22). The Kier molecular flexibility index (Phi) is 5.49. The van der Waals surface area contributed by atoms with Gasteiger partial charge in [0.2, 0.25) is 0 Å². The van der Waals surface area contributed by atoms with E-state index in [0.717, 1.165) is 11.3 Å². The van der Waals surface area contributed by atoms with Crippen LogP contribution in [0.2, 0.25) is 0 Å². The van der Waals surface area contributed by atoms with Crippen LogP contribution in [0.15, 0.2) is 50.1 Å². The van der Waals surface area contributed by atoms with E-state index < -0.39 is 10.0 Å². The molecule has 1 aromatic carbocycles. The third-order valence-electron chi connectivity index (χ3n) is 4.12. The Bertz CT molecular complexity index is 1130. The Morgan fingerprint density at radius 3 is 2.46 bits per heavy atom. The summed E-state index contributed by atoms with van der Waals surface area (Å²) in [7, 11) is -3.73. The number of sulfonamides is 1. The monoisotopic (exact) mass is 420 g/mol. The molecule has 0 aliphatic carbocycles. The zero-order valence-electron chi connectivity index (χ0n) is 16.6. The number of hydrogen-bond donors (Lipinski definition) is 1. The van der Waals surface area contributed by atoms with Gasteiger partial charge < -0.3 is 9.09 Å². The van der Waals surface area contributed by atoms with Gasteiger partial charge in [-0.1, -0.05) is 25.9 Å². The molecule has 1 N–H and O–H groups in total. The van der Waals surface area contributed by atoms with Gasteiger partial charge >= 0.3 is 0 Å². The van der Waals surface area contributed by atoms with E-state index in [4.69, 9.17) is 9.52 Å². The van der Waals surface area contributed by atoms with Gasteiger partial charge in [-0.05, 0) is 38.1 Å². The predicted molar refractivity (Wildman–Crippen MR) is 110 cm³/mol. The van der Waals surface area contributed by atoms with Crippen molar-refractivity contribution in [1.82, 2.24) is 9.72 Å². The molecule has 3 rings (SSSR count). The van der Waals surface area contributed by atoms with Gasteiger partial charge in [-0.25, -0.2) is 13.4 Å². The average molecular weight is 421 g/mol. The molecule has 0 aliphatic rings. The Hall–Kier alpha value is -2.39. The summed E-state index contributed by atoms with van der Waals surface area (Å²) in [6.45, 7) is 11.1. The Morgan fingerprint density at radius 1 is 1.25 bits per heavy atom. The average Bonchev–Trinajstić information content (AvgIpc) is 3.20. The fourth-order valence-electron chi connectivity index (χ4n) is 2.73. The number of nitrogens with one attached hydrogen (secondary N) is 1. The van der Waals surface area contributed by atoms with Gasteiger partial charge in [-0.2, -0.15) is 0 Å². The molecular formula is C19H24N4O3S2. The molecule has 2 heterocycles. The molecule has 0 bridgehead atoms. The largest absolute Gasteiger partial charge is 0.360 e. The first-order chi connectivity index (χ1) is 13.1. The number of nitrogens with zero attached hydrogens (tertiary/aromatic N) is 3. The Morgan fingerprint density at radius 2 is 1.93 bits per heavy atom. The van der Waals surface area contributed by atoms with E-state index in [-0.39, 0.29) is 16.1 Å². The van der Waals surface area contributed by atoms with Crippen molar-refractivity contribution in [1.29, 1.82) is 0 Å². The van der Waals surface area contributed by atoms with Gasteiger partial charge in [0, 0.05) is 29.1 Å². The number of rotatable bonds is 5. The second-order valence-corrected chi connectivity index (χ2v) is 9.95. The molecule has 150 valence electrons. The molecule has 0 spiro atoms. The summed E-state index contributed by atoms with van der Waals surface area (Å²) in [6.07, 6.45) is 0. The third-order valence-corrected chi connectivity index (χ3v) is 6.36. The SMILES string of the molecule is CCn1c(C(C)(C)C)csc1=Nc1ccc(S(=O)(=O)Nc2cc(C)on2)cc1. The molecule has 0 aliphatic heterocycles. The van der Waals surface area contributed by atoms with E-state index in [0.29, 0.717) is 11.4 Å². The van der Waals surface area contributed by atoms with Crippen LogP contribution in [-0.2, 0) is 22.0 Å². The normalized spacial score (nSPS) is 13.1. The first-order valence-electron chi connectivity index (χ1n) is 8.90. The quantitative estimate of drug-likeness (QED) is 0.670. The maximum Gasteiger partial charge on any atom is 0.263 e. The highest BCUT2D eigenvalue weighted by atomic mass is 32.2. The topological polar surface area (TPSA) is 89.5 Å². The van der Waals surface area contributed by atoms with Crippen LogP contribution in [0, 0.1) is 6.92 Å². The zero-order valence-corrected chi connectivity index (χ0v) is 18.2. The number of aryl methyl sites for hydroxylation is 1. The van der Waals surface area contributed by atoms with Crippen molar-refractivity contribution in [3.8, 4) is 0 Å². The zero-order chi connectivity index (χ0) is 20.5. The van der Waals surface area contributed by atoms with Gasteiger partial charge in [0.15, 0.2) is 10.6 Å². The minimum Gasteiger partial charge on any atom is -0.360 e. The molecule has 3 aromatic rings. The van der Waals surface area contributed by atoms with E-state index in [1.54, 1.807) is 30.4 Å². The van der Waals surface area contributed by atoms with Crippen LogP contribution in [0.4, 0.5) is 11.5 Å². The summed E-state index contributed by atoms with van der Waals surface area (Å²) in [5, 5.41) is 5.79. The summed E-state index contributed by atoms with van der Waals surface area (Å²) in [5.74, 6) is 0.685. The highest BCUT2D eigenvalue weighted by Crippen LogP contribution is 2.23. The Labute approximate surface area is 168 Å².